The van der Waals surface area contributed by atoms with Crippen molar-refractivity contribution in [1.29, 1.82) is 0 Å². The number of ether oxygens (including phenoxy) is 2. The average Bonchev–Trinajstić information content (AvgIpc) is 3.06. The molecular weight excluding hydrogens is 471 g/mol. The Hall–Kier alpha value is -2.04. The van der Waals surface area contributed by atoms with Crippen LogP contribution in [0.5, 0.6) is 11.5 Å². The van der Waals surface area contributed by atoms with Gasteiger partial charge in [0, 0.05) is 13.6 Å². The first-order valence-corrected chi connectivity index (χ1v) is 9.36. The maximum atomic E-state index is 5.73. The van der Waals surface area contributed by atoms with Crippen molar-refractivity contribution in [2.24, 2.45) is 12.0 Å². The van der Waals surface area contributed by atoms with Crippen LogP contribution in [-0.4, -0.2) is 40.5 Å². The molecule has 0 bridgehead atoms. The molecule has 0 fully saturated rings. The molecule has 2 aromatic rings. The summed E-state index contributed by atoms with van der Waals surface area (Å²) < 4.78 is 13.2. The van der Waals surface area contributed by atoms with Crippen LogP contribution in [0.25, 0.3) is 0 Å². The normalized spacial score (nSPS) is 12.1. The van der Waals surface area contributed by atoms with Gasteiger partial charge in [0.05, 0.1) is 19.3 Å². The largest absolute Gasteiger partial charge is 0.490 e. The summed E-state index contributed by atoms with van der Waals surface area (Å²) in [6.45, 7) is 10.5. The molecule has 9 heteroatoms. The number of aromatic nitrogens is 3. The Bertz CT molecular complexity index is 750. The highest BCUT2D eigenvalue weighted by atomic mass is 127. The van der Waals surface area contributed by atoms with Gasteiger partial charge in [0.2, 0.25) is 0 Å². The predicted molar refractivity (Wildman–Crippen MR) is 122 cm³/mol. The summed E-state index contributed by atoms with van der Waals surface area (Å²) in [5.41, 5.74) is 1.09. The van der Waals surface area contributed by atoms with Gasteiger partial charge in [0.25, 0.3) is 0 Å². The minimum Gasteiger partial charge on any atom is -0.490 e. The minimum atomic E-state index is 0. The molecular formula is C19H31IN6O2. The van der Waals surface area contributed by atoms with Crippen LogP contribution in [0.1, 0.15) is 45.1 Å². The van der Waals surface area contributed by atoms with Crippen LogP contribution in [0, 0.1) is 0 Å². The fraction of sp³-hybridized carbons (Fsp3) is 0.526. The molecule has 0 radical (unpaired) electrons. The van der Waals surface area contributed by atoms with Gasteiger partial charge in [-0.3, -0.25) is 0 Å². The van der Waals surface area contributed by atoms with Gasteiger partial charge in [-0.15, -0.1) is 34.2 Å². The van der Waals surface area contributed by atoms with E-state index in [4.69, 9.17) is 9.47 Å². The van der Waals surface area contributed by atoms with E-state index in [2.05, 4.69) is 32.7 Å². The second-order valence-electron chi connectivity index (χ2n) is 5.99. The van der Waals surface area contributed by atoms with E-state index in [0.717, 1.165) is 35.4 Å². The highest BCUT2D eigenvalue weighted by molar-refractivity contribution is 14.0. The third kappa shape index (κ3) is 6.84. The molecule has 2 rings (SSSR count). The summed E-state index contributed by atoms with van der Waals surface area (Å²) in [6, 6.07) is 6.04. The number of benzene rings is 1. The van der Waals surface area contributed by atoms with Crippen molar-refractivity contribution < 1.29 is 9.47 Å². The van der Waals surface area contributed by atoms with Crippen LogP contribution >= 0.6 is 24.0 Å². The van der Waals surface area contributed by atoms with Gasteiger partial charge < -0.3 is 24.7 Å². The zero-order chi connectivity index (χ0) is 19.6. The van der Waals surface area contributed by atoms with Crippen LogP contribution in [0.3, 0.4) is 0 Å². The maximum Gasteiger partial charge on any atom is 0.192 e. The molecule has 0 spiro atoms. The lowest BCUT2D eigenvalue weighted by molar-refractivity contribution is 0.287. The van der Waals surface area contributed by atoms with E-state index in [-0.39, 0.29) is 30.0 Å². The lowest BCUT2D eigenvalue weighted by atomic mass is 10.1. The van der Waals surface area contributed by atoms with Crippen molar-refractivity contribution >= 4 is 29.9 Å². The lowest BCUT2D eigenvalue weighted by Crippen LogP contribution is -2.38. The zero-order valence-corrected chi connectivity index (χ0v) is 19.6. The fourth-order valence-corrected chi connectivity index (χ4v) is 2.55. The van der Waals surface area contributed by atoms with E-state index < -0.39 is 0 Å². The predicted octanol–water partition coefficient (Wildman–Crippen LogP) is 3.05. The smallest absolute Gasteiger partial charge is 0.192 e. The standard InChI is InChI=1S/C19H30N6O2.HI/c1-6-20-19(21-12-18-24-22-13-25(18)5)23-14(4)15-9-10-16(26-7-2)17(11-15)27-8-3;/h9-11,13-14H,6-8,12H2,1-5H3,(H2,20,21,23);1H. The quantitative estimate of drug-likeness (QED) is 0.312. The van der Waals surface area contributed by atoms with Gasteiger partial charge in [-0.2, -0.15) is 0 Å². The lowest BCUT2D eigenvalue weighted by Gasteiger charge is -2.20. The second-order valence-corrected chi connectivity index (χ2v) is 5.99. The summed E-state index contributed by atoms with van der Waals surface area (Å²) in [5.74, 6) is 3.05. The summed E-state index contributed by atoms with van der Waals surface area (Å²) in [7, 11) is 1.91. The Labute approximate surface area is 184 Å². The minimum absolute atomic E-state index is 0. The van der Waals surface area contributed by atoms with Crippen LogP contribution in [0.15, 0.2) is 29.5 Å². The number of guanidine groups is 1. The zero-order valence-electron chi connectivity index (χ0n) is 17.2. The molecule has 156 valence electrons. The number of nitrogens with one attached hydrogen (secondary N) is 2. The molecule has 0 saturated carbocycles. The topological polar surface area (TPSA) is 85.6 Å². The van der Waals surface area contributed by atoms with E-state index >= 15 is 0 Å². The molecule has 1 atom stereocenters. The first-order chi connectivity index (χ1) is 13.1. The van der Waals surface area contributed by atoms with E-state index in [1.807, 2.05) is 50.6 Å². The number of hydrogen-bond donors (Lipinski definition) is 2. The van der Waals surface area contributed by atoms with Crippen LogP contribution in [0.2, 0.25) is 0 Å². The third-order valence-corrected chi connectivity index (χ3v) is 3.95. The molecule has 1 aromatic heterocycles. The van der Waals surface area contributed by atoms with Gasteiger partial charge in [-0.25, -0.2) is 4.99 Å². The Balaban J connectivity index is 0.00000392. The molecule has 0 aliphatic carbocycles. The van der Waals surface area contributed by atoms with E-state index in [9.17, 15) is 0 Å². The van der Waals surface area contributed by atoms with Crippen molar-refractivity contribution in [2.45, 2.75) is 40.3 Å². The Morgan fingerprint density at radius 3 is 2.50 bits per heavy atom. The van der Waals surface area contributed by atoms with Crippen LogP contribution < -0.4 is 20.1 Å². The molecule has 1 heterocycles. The molecule has 1 unspecified atom stereocenters. The number of rotatable bonds is 9. The Morgan fingerprint density at radius 2 is 1.89 bits per heavy atom. The van der Waals surface area contributed by atoms with Crippen molar-refractivity contribution in [1.82, 2.24) is 25.4 Å². The number of aliphatic imine (C=N–C) groups is 1. The number of halogens is 1. The van der Waals surface area contributed by atoms with Gasteiger partial charge in [0.1, 0.15) is 12.9 Å². The molecule has 0 amide bonds. The first kappa shape index (κ1) is 24.0. The number of hydrogen-bond acceptors (Lipinski definition) is 5. The van der Waals surface area contributed by atoms with E-state index in [1.165, 1.54) is 0 Å². The number of nitrogens with zero attached hydrogens (tertiary/aromatic N) is 4. The Morgan fingerprint density at radius 1 is 1.18 bits per heavy atom. The number of aryl methyl sites for hydroxylation is 1. The Kier molecular flexibility index (Phi) is 10.6. The average molecular weight is 502 g/mol. The molecule has 0 saturated heterocycles. The molecule has 1 aromatic carbocycles. The van der Waals surface area contributed by atoms with Gasteiger partial charge in [0.15, 0.2) is 23.3 Å². The van der Waals surface area contributed by atoms with Crippen molar-refractivity contribution in [2.75, 3.05) is 19.8 Å². The summed E-state index contributed by atoms with van der Waals surface area (Å²) in [4.78, 5) is 4.60. The van der Waals surface area contributed by atoms with Gasteiger partial charge >= 0.3 is 0 Å². The van der Waals surface area contributed by atoms with Crippen LogP contribution in [-0.2, 0) is 13.6 Å². The fourth-order valence-electron chi connectivity index (χ4n) is 2.55. The van der Waals surface area contributed by atoms with E-state index in [0.29, 0.717) is 19.8 Å². The molecule has 28 heavy (non-hydrogen) atoms. The third-order valence-electron chi connectivity index (χ3n) is 3.95. The van der Waals surface area contributed by atoms with Gasteiger partial charge in [-0.1, -0.05) is 6.07 Å². The highest BCUT2D eigenvalue weighted by Gasteiger charge is 2.12. The van der Waals surface area contributed by atoms with E-state index in [1.54, 1.807) is 6.33 Å². The highest BCUT2D eigenvalue weighted by Crippen LogP contribution is 2.30. The van der Waals surface area contributed by atoms with Crippen LogP contribution in [0.4, 0.5) is 0 Å². The molecule has 8 nitrogen and oxygen atoms in total. The van der Waals surface area contributed by atoms with Crippen molar-refractivity contribution in [3.63, 3.8) is 0 Å². The maximum absolute atomic E-state index is 5.73. The molecule has 0 aliphatic heterocycles. The monoisotopic (exact) mass is 502 g/mol. The molecule has 2 N–H and O–H groups in total. The van der Waals surface area contributed by atoms with Crippen molar-refractivity contribution in [3.8, 4) is 11.5 Å². The summed E-state index contributed by atoms with van der Waals surface area (Å²) in [6.07, 6.45) is 1.67. The molecule has 0 aliphatic rings. The first-order valence-electron chi connectivity index (χ1n) is 9.36. The van der Waals surface area contributed by atoms with Gasteiger partial charge in [-0.05, 0) is 45.4 Å². The second kappa shape index (κ2) is 12.4. The van der Waals surface area contributed by atoms with Crippen molar-refractivity contribution in [3.05, 3.63) is 35.9 Å². The summed E-state index contributed by atoms with van der Waals surface area (Å²) >= 11 is 0. The summed E-state index contributed by atoms with van der Waals surface area (Å²) in [5, 5.41) is 14.6. The SMILES string of the molecule is CCNC(=NCc1nncn1C)NC(C)c1ccc(OCC)c(OCC)c1.I.